The number of carbonyl (C=O) groups is 1. The van der Waals surface area contributed by atoms with E-state index in [2.05, 4.69) is 5.32 Å². The van der Waals surface area contributed by atoms with Gasteiger partial charge in [-0.15, -0.1) is 0 Å². The van der Waals surface area contributed by atoms with Crippen LogP contribution in [0.1, 0.15) is 22.7 Å². The van der Waals surface area contributed by atoms with Crippen molar-refractivity contribution < 1.29 is 13.6 Å². The number of nitrogens with two attached hydrogens (primary N) is 1. The Balaban J connectivity index is 1.97. The molecule has 110 valence electrons. The van der Waals surface area contributed by atoms with Crippen LogP contribution in [0.15, 0.2) is 42.5 Å². The van der Waals surface area contributed by atoms with Crippen LogP contribution in [0.2, 0.25) is 0 Å². The Hall–Kier alpha value is -2.27. The van der Waals surface area contributed by atoms with E-state index >= 15 is 0 Å². The van der Waals surface area contributed by atoms with Gasteiger partial charge in [0.25, 0.3) is 0 Å². The van der Waals surface area contributed by atoms with Crippen molar-refractivity contribution in [2.45, 2.75) is 19.5 Å². The molecule has 3 N–H and O–H groups in total. The fraction of sp³-hybridized carbons (Fsp3) is 0.188. The number of carbonyl (C=O) groups excluding carboxylic acids is 1. The fourth-order valence-corrected chi connectivity index (χ4v) is 1.87. The molecule has 2 aromatic carbocycles. The Kier molecular flexibility index (Phi) is 4.65. The lowest BCUT2D eigenvalue weighted by Gasteiger charge is -2.13. The number of nitrogens with one attached hydrogen (secondary N) is 1. The lowest BCUT2D eigenvalue weighted by Crippen LogP contribution is -2.33. The maximum Gasteiger partial charge on any atom is 0.241 e. The lowest BCUT2D eigenvalue weighted by atomic mass is 10.1. The highest BCUT2D eigenvalue weighted by molar-refractivity contribution is 5.82. The van der Waals surface area contributed by atoms with Crippen molar-refractivity contribution in [1.29, 1.82) is 0 Å². The maximum atomic E-state index is 13.1. The Labute approximate surface area is 121 Å². The molecule has 0 saturated carbocycles. The highest BCUT2D eigenvalue weighted by Gasteiger charge is 2.15. The second-order valence-corrected chi connectivity index (χ2v) is 4.85. The maximum absolute atomic E-state index is 13.1. The number of halogens is 2. The van der Waals surface area contributed by atoms with Crippen LogP contribution in [0, 0.1) is 18.6 Å². The number of hydrogen-bond donors (Lipinski definition) is 2. The molecule has 3 nitrogen and oxygen atoms in total. The third-order valence-corrected chi connectivity index (χ3v) is 3.17. The molecule has 0 aromatic heterocycles. The highest BCUT2D eigenvalue weighted by Crippen LogP contribution is 2.12. The number of hydrogen-bond acceptors (Lipinski definition) is 2. The Bertz CT molecular complexity index is 641. The molecule has 21 heavy (non-hydrogen) atoms. The minimum atomic E-state index is -0.940. The molecule has 0 aliphatic heterocycles. The topological polar surface area (TPSA) is 55.1 Å². The molecule has 0 aliphatic carbocycles. The molecule has 5 heteroatoms. The van der Waals surface area contributed by atoms with Gasteiger partial charge in [-0.3, -0.25) is 4.79 Å². The van der Waals surface area contributed by atoms with Gasteiger partial charge < -0.3 is 11.1 Å². The first-order valence-electron chi connectivity index (χ1n) is 6.51. The zero-order valence-electron chi connectivity index (χ0n) is 11.6. The number of amides is 1. The van der Waals surface area contributed by atoms with E-state index in [1.54, 1.807) is 12.1 Å². The lowest BCUT2D eigenvalue weighted by molar-refractivity contribution is -0.122. The average Bonchev–Trinajstić information content (AvgIpc) is 2.48. The molecular formula is C16H16F2N2O. The number of rotatable bonds is 4. The van der Waals surface area contributed by atoms with E-state index in [-0.39, 0.29) is 12.5 Å². The molecular weight excluding hydrogens is 274 g/mol. The number of benzene rings is 2. The fourth-order valence-electron chi connectivity index (χ4n) is 1.87. The standard InChI is InChI=1S/C16H16F2N2O/c1-10-2-5-12(6-3-10)15(19)16(21)20-9-11-4-7-13(17)14(18)8-11/h2-8,15H,9,19H2,1H3,(H,20,21). The first kappa shape index (κ1) is 15.1. The first-order chi connectivity index (χ1) is 9.97. The predicted octanol–water partition coefficient (Wildman–Crippen LogP) is 2.59. The van der Waals surface area contributed by atoms with E-state index in [1.807, 2.05) is 19.1 Å². The number of aryl methyl sites for hydroxylation is 1. The van der Waals surface area contributed by atoms with Crippen LogP contribution in [-0.2, 0) is 11.3 Å². The zero-order chi connectivity index (χ0) is 15.4. The Morgan fingerprint density at radius 3 is 2.43 bits per heavy atom. The molecule has 0 aliphatic rings. The monoisotopic (exact) mass is 290 g/mol. The van der Waals surface area contributed by atoms with Crippen molar-refractivity contribution in [1.82, 2.24) is 5.32 Å². The summed E-state index contributed by atoms with van der Waals surface area (Å²) in [5.41, 5.74) is 8.11. The van der Waals surface area contributed by atoms with Crippen LogP contribution in [0.3, 0.4) is 0 Å². The second kappa shape index (κ2) is 6.45. The third-order valence-electron chi connectivity index (χ3n) is 3.17. The van der Waals surface area contributed by atoms with E-state index in [0.29, 0.717) is 11.1 Å². The van der Waals surface area contributed by atoms with Gasteiger partial charge >= 0.3 is 0 Å². The third kappa shape index (κ3) is 3.86. The van der Waals surface area contributed by atoms with Crippen LogP contribution in [0.25, 0.3) is 0 Å². The van der Waals surface area contributed by atoms with E-state index in [1.165, 1.54) is 6.07 Å². The summed E-state index contributed by atoms with van der Waals surface area (Å²) in [5.74, 6) is -2.23. The van der Waals surface area contributed by atoms with Gasteiger partial charge in [0.1, 0.15) is 6.04 Å². The molecule has 0 fully saturated rings. The van der Waals surface area contributed by atoms with Gasteiger partial charge in [-0.25, -0.2) is 8.78 Å². The van der Waals surface area contributed by atoms with Gasteiger partial charge in [-0.05, 0) is 30.2 Å². The van der Waals surface area contributed by atoms with Gasteiger partial charge in [0.15, 0.2) is 11.6 Å². The first-order valence-corrected chi connectivity index (χ1v) is 6.51. The van der Waals surface area contributed by atoms with Crippen molar-refractivity contribution >= 4 is 5.91 Å². The second-order valence-electron chi connectivity index (χ2n) is 4.85. The van der Waals surface area contributed by atoms with Crippen molar-refractivity contribution in [3.63, 3.8) is 0 Å². The molecule has 1 atom stereocenters. The van der Waals surface area contributed by atoms with Crippen LogP contribution in [0.4, 0.5) is 8.78 Å². The average molecular weight is 290 g/mol. The zero-order valence-corrected chi connectivity index (χ0v) is 11.6. The van der Waals surface area contributed by atoms with Crippen molar-refractivity contribution in [3.8, 4) is 0 Å². The Morgan fingerprint density at radius 1 is 1.14 bits per heavy atom. The summed E-state index contributed by atoms with van der Waals surface area (Å²) in [4.78, 5) is 11.9. The Morgan fingerprint density at radius 2 is 1.81 bits per heavy atom. The molecule has 0 saturated heterocycles. The predicted molar refractivity (Wildman–Crippen MR) is 76.3 cm³/mol. The summed E-state index contributed by atoms with van der Waals surface area (Å²) in [6, 6.07) is 10.0. The largest absolute Gasteiger partial charge is 0.350 e. The van der Waals surface area contributed by atoms with Crippen molar-refractivity contribution in [3.05, 3.63) is 70.8 Å². The molecule has 0 spiro atoms. The SMILES string of the molecule is Cc1ccc(C(N)C(=O)NCc2ccc(F)c(F)c2)cc1. The summed E-state index contributed by atoms with van der Waals surface area (Å²) in [5, 5.41) is 2.61. The van der Waals surface area contributed by atoms with E-state index in [4.69, 9.17) is 5.73 Å². The smallest absolute Gasteiger partial charge is 0.241 e. The molecule has 0 heterocycles. The molecule has 2 rings (SSSR count). The summed E-state index contributed by atoms with van der Waals surface area (Å²) in [6.45, 7) is 2.04. The minimum Gasteiger partial charge on any atom is -0.350 e. The molecule has 0 radical (unpaired) electrons. The van der Waals surface area contributed by atoms with Crippen molar-refractivity contribution in [2.75, 3.05) is 0 Å². The van der Waals surface area contributed by atoms with E-state index in [9.17, 15) is 13.6 Å². The minimum absolute atomic E-state index is 0.0929. The van der Waals surface area contributed by atoms with Crippen LogP contribution < -0.4 is 11.1 Å². The molecule has 1 amide bonds. The van der Waals surface area contributed by atoms with Crippen LogP contribution in [-0.4, -0.2) is 5.91 Å². The van der Waals surface area contributed by atoms with E-state index in [0.717, 1.165) is 17.7 Å². The highest BCUT2D eigenvalue weighted by atomic mass is 19.2. The normalized spacial score (nSPS) is 12.0. The van der Waals surface area contributed by atoms with E-state index < -0.39 is 17.7 Å². The van der Waals surface area contributed by atoms with Crippen LogP contribution >= 0.6 is 0 Å². The quantitative estimate of drug-likeness (QED) is 0.909. The molecule has 0 bridgehead atoms. The summed E-state index contributed by atoms with van der Waals surface area (Å²) in [6.07, 6.45) is 0. The van der Waals surface area contributed by atoms with Gasteiger partial charge in [-0.1, -0.05) is 35.9 Å². The summed E-state index contributed by atoms with van der Waals surface area (Å²) >= 11 is 0. The summed E-state index contributed by atoms with van der Waals surface area (Å²) < 4.78 is 25.8. The molecule has 2 aromatic rings. The van der Waals surface area contributed by atoms with Gasteiger partial charge in [0.05, 0.1) is 0 Å². The van der Waals surface area contributed by atoms with Gasteiger partial charge in [0.2, 0.25) is 5.91 Å². The molecule has 1 unspecified atom stereocenters. The van der Waals surface area contributed by atoms with Gasteiger partial charge in [0, 0.05) is 6.54 Å². The van der Waals surface area contributed by atoms with Crippen LogP contribution in [0.5, 0.6) is 0 Å². The van der Waals surface area contributed by atoms with Gasteiger partial charge in [-0.2, -0.15) is 0 Å². The van der Waals surface area contributed by atoms with Crippen molar-refractivity contribution in [2.24, 2.45) is 5.73 Å². The summed E-state index contributed by atoms with van der Waals surface area (Å²) in [7, 11) is 0.